The molecule has 3 N–H and O–H groups in total. The van der Waals surface area contributed by atoms with Gasteiger partial charge in [0.05, 0.1) is 40.0 Å². The van der Waals surface area contributed by atoms with Crippen LogP contribution in [0.15, 0.2) is 76.0 Å². The zero-order valence-corrected chi connectivity index (χ0v) is 28.1. The number of piperazine rings is 1. The van der Waals surface area contributed by atoms with Crippen molar-refractivity contribution in [2.45, 2.75) is 61.8 Å². The second-order valence-electron chi connectivity index (χ2n) is 12.0. The highest BCUT2D eigenvalue weighted by molar-refractivity contribution is 7.85. The van der Waals surface area contributed by atoms with E-state index in [1.165, 1.54) is 12.1 Å². The lowest BCUT2D eigenvalue weighted by molar-refractivity contribution is -0.133. The molecule has 5 rings (SSSR count). The first kappa shape index (κ1) is 34.8. The Morgan fingerprint density at radius 2 is 1.40 bits per heavy atom. The molecule has 1 aliphatic carbocycles. The summed E-state index contributed by atoms with van der Waals surface area (Å²) in [6.07, 6.45) is 4.48. The van der Waals surface area contributed by atoms with Gasteiger partial charge in [0.2, 0.25) is 5.91 Å². The number of Topliss-reactive ketones (excluding diaryl/α,β-unsaturated/α-hetero) is 1. The van der Waals surface area contributed by atoms with Crippen LogP contribution in [0.5, 0.6) is 0 Å². The van der Waals surface area contributed by atoms with Gasteiger partial charge in [-0.05, 0) is 49.9 Å². The van der Waals surface area contributed by atoms with E-state index in [0.717, 1.165) is 25.7 Å². The predicted octanol–water partition coefficient (Wildman–Crippen LogP) is 4.99. The molecule has 3 aliphatic rings. The number of carbonyl (C=O) groups excluding carboxylic acids is 2. The zero-order chi connectivity index (χ0) is 33.7. The standard InChI is InChI=1S/C34H37Cl2N3O7S/c35-24-13-6-14-25(36)29(24)32-30(33(42)43)26(37-27(31(32)34(44)45)20-47(46)23-11-2-1-3-12-23)19-28(41)39-17-15-38(16-18-39)21-7-4-9-22(40)10-5-8-21/h1-3,6,11-14,21,32,37H,4-5,7-10,15-20H2,(H,42,43)(H,44,45). The summed E-state index contributed by atoms with van der Waals surface area (Å²) in [7, 11) is -1.70. The van der Waals surface area contributed by atoms with E-state index in [2.05, 4.69) is 10.2 Å². The average molecular weight is 703 g/mol. The van der Waals surface area contributed by atoms with Crippen LogP contribution in [0, 0.1) is 0 Å². The number of rotatable bonds is 9. The van der Waals surface area contributed by atoms with E-state index >= 15 is 0 Å². The number of carbonyl (C=O) groups is 4. The molecule has 10 nitrogen and oxygen atoms in total. The Balaban J connectivity index is 1.44. The van der Waals surface area contributed by atoms with Gasteiger partial charge in [-0.15, -0.1) is 0 Å². The van der Waals surface area contributed by atoms with Crippen molar-refractivity contribution >= 4 is 57.6 Å². The Kier molecular flexibility index (Phi) is 11.5. The number of hydrogen-bond donors (Lipinski definition) is 3. The van der Waals surface area contributed by atoms with E-state index in [0.29, 0.717) is 55.7 Å². The number of aliphatic carboxylic acids is 2. The van der Waals surface area contributed by atoms with Gasteiger partial charge in [0.25, 0.3) is 0 Å². The van der Waals surface area contributed by atoms with Crippen molar-refractivity contribution in [2.75, 3.05) is 31.9 Å². The zero-order valence-electron chi connectivity index (χ0n) is 25.8. The summed E-state index contributed by atoms with van der Waals surface area (Å²) < 4.78 is 13.4. The molecular weight excluding hydrogens is 665 g/mol. The van der Waals surface area contributed by atoms with Crippen LogP contribution in [-0.2, 0) is 30.0 Å². The summed E-state index contributed by atoms with van der Waals surface area (Å²) in [4.78, 5) is 55.9. The molecule has 47 heavy (non-hydrogen) atoms. The summed E-state index contributed by atoms with van der Waals surface area (Å²) in [5.41, 5.74) is -0.619. The second kappa shape index (κ2) is 15.6. The van der Waals surface area contributed by atoms with E-state index in [1.54, 1.807) is 41.3 Å². The highest BCUT2D eigenvalue weighted by Gasteiger charge is 2.41. The molecule has 0 radical (unpaired) electrons. The largest absolute Gasteiger partial charge is 0.478 e. The molecule has 0 aromatic heterocycles. The van der Waals surface area contributed by atoms with Crippen LogP contribution in [0.2, 0.25) is 10.0 Å². The molecule has 2 fully saturated rings. The first-order valence-electron chi connectivity index (χ1n) is 15.7. The number of nitrogens with one attached hydrogen (secondary N) is 1. The van der Waals surface area contributed by atoms with Crippen LogP contribution in [0.1, 0.15) is 56.4 Å². The van der Waals surface area contributed by atoms with Gasteiger partial charge in [-0.1, -0.05) is 47.5 Å². The quantitative estimate of drug-likeness (QED) is 0.329. The molecular formula is C34H37Cl2N3O7S. The van der Waals surface area contributed by atoms with Gasteiger partial charge < -0.3 is 20.4 Å². The van der Waals surface area contributed by atoms with Crippen molar-refractivity contribution < 1.29 is 33.6 Å². The Morgan fingerprint density at radius 1 is 0.830 bits per heavy atom. The maximum Gasteiger partial charge on any atom is 0.334 e. The Labute approximate surface area is 285 Å². The fraction of sp³-hybridized carbons (Fsp3) is 0.412. The highest BCUT2D eigenvalue weighted by Crippen LogP contribution is 2.45. The maximum absolute atomic E-state index is 13.8. The molecule has 0 bridgehead atoms. The third-order valence-corrected chi connectivity index (χ3v) is 11.1. The third kappa shape index (κ3) is 8.14. The Bertz CT molecular complexity index is 1600. The summed E-state index contributed by atoms with van der Waals surface area (Å²) >= 11 is 13.1. The molecule has 0 spiro atoms. The van der Waals surface area contributed by atoms with Gasteiger partial charge in [0.1, 0.15) is 5.78 Å². The molecule has 2 heterocycles. The summed E-state index contributed by atoms with van der Waals surface area (Å²) in [6.45, 7) is 2.21. The van der Waals surface area contributed by atoms with E-state index in [9.17, 15) is 33.6 Å². The smallest absolute Gasteiger partial charge is 0.334 e. The number of hydrogen-bond acceptors (Lipinski definition) is 7. The molecule has 1 saturated heterocycles. The molecule has 2 aromatic rings. The van der Waals surface area contributed by atoms with Crippen LogP contribution in [-0.4, -0.2) is 85.8 Å². The molecule has 250 valence electrons. The van der Waals surface area contributed by atoms with Crippen LogP contribution in [0.4, 0.5) is 0 Å². The molecule has 2 atom stereocenters. The first-order valence-corrected chi connectivity index (χ1v) is 17.7. The molecule has 13 heteroatoms. The number of ketones is 1. The van der Waals surface area contributed by atoms with Crippen LogP contribution in [0.25, 0.3) is 0 Å². The lowest BCUT2D eigenvalue weighted by atomic mass is 9.79. The number of carboxylic acids is 2. The number of halogens is 2. The van der Waals surface area contributed by atoms with E-state index < -0.39 is 28.7 Å². The molecule has 1 saturated carbocycles. The van der Waals surface area contributed by atoms with Crippen molar-refractivity contribution in [3.8, 4) is 0 Å². The lowest BCUT2D eigenvalue weighted by Crippen LogP contribution is -2.52. The van der Waals surface area contributed by atoms with E-state index in [-0.39, 0.29) is 56.2 Å². The van der Waals surface area contributed by atoms with Crippen LogP contribution < -0.4 is 5.32 Å². The Hall–Kier alpha value is -3.51. The Morgan fingerprint density at radius 3 is 1.98 bits per heavy atom. The normalized spacial score (nSPS) is 20.8. The minimum absolute atomic E-state index is 0.000614. The third-order valence-electron chi connectivity index (χ3n) is 9.06. The lowest BCUT2D eigenvalue weighted by Gasteiger charge is -2.40. The van der Waals surface area contributed by atoms with Crippen molar-refractivity contribution in [1.82, 2.24) is 15.1 Å². The molecule has 2 aromatic carbocycles. The SMILES string of the molecule is O=C1CCCC(N2CCN(C(=O)CC3=C(C(=O)O)C(c4c(Cl)cccc4Cl)C(C(=O)O)=C(CS(=O)c4ccccc4)N3)CC2)CCC1. The summed E-state index contributed by atoms with van der Waals surface area (Å²) in [5.74, 6) is -4.58. The highest BCUT2D eigenvalue weighted by atomic mass is 35.5. The number of amides is 1. The second-order valence-corrected chi connectivity index (χ2v) is 14.2. The number of dihydropyridines is 1. The van der Waals surface area contributed by atoms with Gasteiger partial charge in [0.15, 0.2) is 0 Å². The summed E-state index contributed by atoms with van der Waals surface area (Å²) in [5, 5.41) is 24.0. The van der Waals surface area contributed by atoms with Gasteiger partial charge in [-0.3, -0.25) is 18.7 Å². The monoisotopic (exact) mass is 701 g/mol. The molecule has 1 amide bonds. The molecule has 2 aliphatic heterocycles. The minimum Gasteiger partial charge on any atom is -0.478 e. The van der Waals surface area contributed by atoms with Gasteiger partial charge in [-0.2, -0.15) is 0 Å². The first-order chi connectivity index (χ1) is 22.5. The van der Waals surface area contributed by atoms with Gasteiger partial charge in [-0.25, -0.2) is 9.59 Å². The fourth-order valence-electron chi connectivity index (χ4n) is 6.73. The van der Waals surface area contributed by atoms with Crippen molar-refractivity contribution in [1.29, 1.82) is 0 Å². The number of carboxylic acid groups (broad SMARTS) is 2. The average Bonchev–Trinajstić information content (AvgIpc) is 3.02. The van der Waals surface area contributed by atoms with Crippen molar-refractivity contribution in [3.05, 3.63) is 86.7 Å². The molecule has 2 unspecified atom stereocenters. The maximum atomic E-state index is 13.8. The van der Waals surface area contributed by atoms with Crippen molar-refractivity contribution in [2.24, 2.45) is 0 Å². The van der Waals surface area contributed by atoms with E-state index in [1.807, 2.05) is 0 Å². The van der Waals surface area contributed by atoms with Gasteiger partial charge >= 0.3 is 11.9 Å². The fourth-order valence-corrected chi connectivity index (χ4v) is 8.47. The van der Waals surface area contributed by atoms with E-state index in [4.69, 9.17) is 23.2 Å². The van der Waals surface area contributed by atoms with Crippen LogP contribution in [0.3, 0.4) is 0 Å². The van der Waals surface area contributed by atoms with Crippen LogP contribution >= 0.6 is 23.2 Å². The topological polar surface area (TPSA) is 144 Å². The number of nitrogens with zero attached hydrogens (tertiary/aromatic N) is 2. The predicted molar refractivity (Wildman–Crippen MR) is 179 cm³/mol. The van der Waals surface area contributed by atoms with Gasteiger partial charge in [0, 0.05) is 77.0 Å². The summed E-state index contributed by atoms with van der Waals surface area (Å²) in [6, 6.07) is 13.4. The number of benzene rings is 2. The minimum atomic E-state index is -1.70. The van der Waals surface area contributed by atoms with Crippen molar-refractivity contribution in [3.63, 3.8) is 0 Å².